The lowest BCUT2D eigenvalue weighted by Gasteiger charge is -2.48. The molecule has 1 aromatic heterocycles. The number of anilines is 1. The minimum atomic E-state index is -0.672. The number of piperazine rings is 1. The normalized spacial score (nSPS) is 16.4. The quantitative estimate of drug-likeness (QED) is 0.846. The predicted octanol–water partition coefficient (Wildman–Crippen LogP) is 0.813. The van der Waals surface area contributed by atoms with E-state index in [1.807, 2.05) is 38.1 Å². The van der Waals surface area contributed by atoms with E-state index in [-0.39, 0.29) is 17.0 Å². The molecule has 1 fully saturated rings. The Labute approximate surface area is 150 Å². The van der Waals surface area contributed by atoms with Crippen molar-refractivity contribution < 1.29 is 9.53 Å². The van der Waals surface area contributed by atoms with Gasteiger partial charge in [-0.05, 0) is 38.1 Å². The van der Waals surface area contributed by atoms with Gasteiger partial charge in [0.25, 0.3) is 11.5 Å². The minimum Gasteiger partial charge on any atom is -0.497 e. The Morgan fingerprint density at radius 3 is 2.42 bits per heavy atom. The van der Waals surface area contributed by atoms with Gasteiger partial charge < -0.3 is 19.5 Å². The summed E-state index contributed by atoms with van der Waals surface area (Å²) in [6.45, 7) is 5.66. The Morgan fingerprint density at radius 2 is 1.85 bits per heavy atom. The van der Waals surface area contributed by atoms with E-state index in [2.05, 4.69) is 14.9 Å². The molecular weight excluding hydrogens is 336 g/mol. The number of nitrogens with zero attached hydrogens (tertiary/aromatic N) is 2. The van der Waals surface area contributed by atoms with Crippen LogP contribution in [0.4, 0.5) is 5.69 Å². The summed E-state index contributed by atoms with van der Waals surface area (Å²) in [4.78, 5) is 44.0. The molecule has 8 nitrogen and oxygen atoms in total. The van der Waals surface area contributed by atoms with Gasteiger partial charge in [0.1, 0.15) is 11.3 Å². The van der Waals surface area contributed by atoms with Crippen molar-refractivity contribution in [3.8, 4) is 5.75 Å². The Morgan fingerprint density at radius 1 is 1.15 bits per heavy atom. The van der Waals surface area contributed by atoms with Crippen LogP contribution in [0, 0.1) is 0 Å². The maximum absolute atomic E-state index is 12.7. The van der Waals surface area contributed by atoms with Crippen LogP contribution in [-0.2, 0) is 0 Å². The number of aromatic amines is 2. The largest absolute Gasteiger partial charge is 0.497 e. The Kier molecular flexibility index (Phi) is 4.58. The molecule has 8 heteroatoms. The highest BCUT2D eigenvalue weighted by Crippen LogP contribution is 2.29. The fourth-order valence-corrected chi connectivity index (χ4v) is 3.31. The van der Waals surface area contributed by atoms with Crippen LogP contribution >= 0.6 is 0 Å². The lowest BCUT2D eigenvalue weighted by Crippen LogP contribution is -2.61. The molecule has 2 heterocycles. The third kappa shape index (κ3) is 3.35. The first-order chi connectivity index (χ1) is 12.3. The molecule has 0 atom stereocenters. The third-order valence-corrected chi connectivity index (χ3v) is 4.62. The summed E-state index contributed by atoms with van der Waals surface area (Å²) in [5, 5.41) is 0. The summed E-state index contributed by atoms with van der Waals surface area (Å²) in [5.74, 6) is 0.405. The van der Waals surface area contributed by atoms with E-state index in [0.29, 0.717) is 19.6 Å². The van der Waals surface area contributed by atoms with Crippen LogP contribution in [-0.4, -0.2) is 53.1 Å². The van der Waals surface area contributed by atoms with E-state index in [1.165, 1.54) is 6.20 Å². The van der Waals surface area contributed by atoms with Crippen LogP contribution < -0.4 is 20.9 Å². The average molecular weight is 358 g/mol. The lowest BCUT2D eigenvalue weighted by molar-refractivity contribution is 0.0683. The molecule has 0 bridgehead atoms. The van der Waals surface area contributed by atoms with Crippen LogP contribution in [0.25, 0.3) is 0 Å². The van der Waals surface area contributed by atoms with Crippen molar-refractivity contribution in [3.63, 3.8) is 0 Å². The molecule has 3 rings (SSSR count). The van der Waals surface area contributed by atoms with Gasteiger partial charge in [0.15, 0.2) is 0 Å². The maximum atomic E-state index is 12.7. The number of benzene rings is 1. The number of ether oxygens (including phenoxy) is 1. The lowest BCUT2D eigenvalue weighted by atomic mass is 9.97. The zero-order valence-electron chi connectivity index (χ0n) is 15.0. The van der Waals surface area contributed by atoms with E-state index in [0.717, 1.165) is 11.4 Å². The van der Waals surface area contributed by atoms with Gasteiger partial charge in [0, 0.05) is 31.5 Å². The van der Waals surface area contributed by atoms with Crippen molar-refractivity contribution in [2.75, 3.05) is 31.6 Å². The second kappa shape index (κ2) is 6.70. The fraction of sp³-hybridized carbons (Fsp3) is 0.389. The number of rotatable bonds is 3. The second-order valence-electron chi connectivity index (χ2n) is 6.87. The first-order valence-corrected chi connectivity index (χ1v) is 8.35. The first-order valence-electron chi connectivity index (χ1n) is 8.35. The molecule has 1 aliphatic heterocycles. The zero-order valence-corrected chi connectivity index (χ0v) is 15.0. The summed E-state index contributed by atoms with van der Waals surface area (Å²) in [5.41, 5.74) is -0.634. The average Bonchev–Trinajstić information content (AvgIpc) is 2.60. The molecular formula is C18H22N4O4. The monoisotopic (exact) mass is 358 g/mol. The number of carbonyl (C=O) groups is 1. The number of methoxy groups -OCH3 is 1. The van der Waals surface area contributed by atoms with Gasteiger partial charge >= 0.3 is 5.69 Å². The molecule has 2 N–H and O–H groups in total. The van der Waals surface area contributed by atoms with Crippen LogP contribution in [0.2, 0.25) is 0 Å². The predicted molar refractivity (Wildman–Crippen MR) is 98.0 cm³/mol. The summed E-state index contributed by atoms with van der Waals surface area (Å²) in [6.07, 6.45) is 1.17. The second-order valence-corrected chi connectivity index (χ2v) is 6.87. The van der Waals surface area contributed by atoms with E-state index in [9.17, 15) is 14.4 Å². The Balaban J connectivity index is 1.80. The van der Waals surface area contributed by atoms with Crippen LogP contribution in [0.1, 0.15) is 24.2 Å². The Bertz CT molecular complexity index is 914. The van der Waals surface area contributed by atoms with Gasteiger partial charge in [-0.3, -0.25) is 14.6 Å². The standard InChI is InChI=1S/C18H22N4O4/c1-18(2)11-21(16(24)14-10-19-17(25)20-15(14)23)8-9-22(18)12-4-6-13(26-3)7-5-12/h4-7,10H,8-9,11H2,1-3H3,(H2,19,20,23,25). The molecule has 0 saturated carbocycles. The van der Waals surface area contributed by atoms with E-state index < -0.39 is 11.2 Å². The van der Waals surface area contributed by atoms with Crippen molar-refractivity contribution in [2.45, 2.75) is 19.4 Å². The van der Waals surface area contributed by atoms with Crippen molar-refractivity contribution in [3.05, 3.63) is 56.9 Å². The van der Waals surface area contributed by atoms with E-state index >= 15 is 0 Å². The molecule has 1 aliphatic rings. The number of carbonyl (C=O) groups excluding carboxylic acids is 1. The molecule has 0 spiro atoms. The molecule has 1 amide bonds. The smallest absolute Gasteiger partial charge is 0.325 e. The van der Waals surface area contributed by atoms with Gasteiger partial charge in [-0.25, -0.2) is 4.79 Å². The van der Waals surface area contributed by atoms with Crippen LogP contribution in [0.15, 0.2) is 40.1 Å². The highest BCUT2D eigenvalue weighted by Gasteiger charge is 2.36. The number of hydrogen-bond donors (Lipinski definition) is 2. The fourth-order valence-electron chi connectivity index (χ4n) is 3.31. The van der Waals surface area contributed by atoms with Gasteiger partial charge in [-0.2, -0.15) is 0 Å². The number of H-pyrrole nitrogens is 2. The number of hydrogen-bond acceptors (Lipinski definition) is 5. The third-order valence-electron chi connectivity index (χ3n) is 4.62. The molecule has 1 aromatic carbocycles. The highest BCUT2D eigenvalue weighted by molar-refractivity contribution is 5.93. The van der Waals surface area contributed by atoms with E-state index in [1.54, 1.807) is 12.0 Å². The molecule has 0 unspecified atom stereocenters. The highest BCUT2D eigenvalue weighted by atomic mass is 16.5. The minimum absolute atomic E-state index is 0.0571. The zero-order chi connectivity index (χ0) is 18.9. The molecule has 0 radical (unpaired) electrons. The van der Waals surface area contributed by atoms with Gasteiger partial charge in [0.2, 0.25) is 0 Å². The number of amides is 1. The molecule has 26 heavy (non-hydrogen) atoms. The van der Waals surface area contributed by atoms with Crippen molar-refractivity contribution in [1.82, 2.24) is 14.9 Å². The summed E-state index contributed by atoms with van der Waals surface area (Å²) >= 11 is 0. The summed E-state index contributed by atoms with van der Waals surface area (Å²) in [6, 6.07) is 7.79. The van der Waals surface area contributed by atoms with Crippen LogP contribution in [0.3, 0.4) is 0 Å². The van der Waals surface area contributed by atoms with Gasteiger partial charge in [-0.15, -0.1) is 0 Å². The van der Waals surface area contributed by atoms with Gasteiger partial charge in [-0.1, -0.05) is 0 Å². The SMILES string of the molecule is COc1ccc(N2CCN(C(=O)c3c[nH]c(=O)[nH]c3=O)CC2(C)C)cc1. The molecule has 138 valence electrons. The molecule has 0 aliphatic carbocycles. The van der Waals surface area contributed by atoms with Crippen molar-refractivity contribution in [2.24, 2.45) is 0 Å². The van der Waals surface area contributed by atoms with Crippen LogP contribution in [0.5, 0.6) is 5.75 Å². The molecule has 2 aromatic rings. The van der Waals surface area contributed by atoms with Crippen molar-refractivity contribution >= 4 is 11.6 Å². The van der Waals surface area contributed by atoms with Gasteiger partial charge in [0.05, 0.1) is 12.6 Å². The molecule has 1 saturated heterocycles. The first kappa shape index (κ1) is 17.8. The van der Waals surface area contributed by atoms with E-state index in [4.69, 9.17) is 4.74 Å². The summed E-state index contributed by atoms with van der Waals surface area (Å²) < 4.78 is 5.20. The van der Waals surface area contributed by atoms with Crippen molar-refractivity contribution in [1.29, 1.82) is 0 Å². The maximum Gasteiger partial charge on any atom is 0.325 e. The summed E-state index contributed by atoms with van der Waals surface area (Å²) in [7, 11) is 1.63. The topological polar surface area (TPSA) is 98.5 Å². The number of aromatic nitrogens is 2. The number of nitrogens with one attached hydrogen (secondary N) is 2. The Hall–Kier alpha value is -3.03.